The number of nitrogens with zero attached hydrogens (tertiary/aromatic N) is 4. The number of piperazine rings is 1. The third-order valence-electron chi connectivity index (χ3n) is 4.74. The first-order chi connectivity index (χ1) is 14.1. The molecule has 2 aromatic heterocycles. The minimum atomic E-state index is -0.0258. The number of benzene rings is 1. The Morgan fingerprint density at radius 1 is 1.14 bits per heavy atom. The van der Waals surface area contributed by atoms with Crippen LogP contribution in [0.3, 0.4) is 0 Å². The molecule has 0 unspecified atom stereocenters. The number of ether oxygens (including phenoxy) is 1. The molecule has 4 rings (SSSR count). The fourth-order valence-corrected chi connectivity index (χ4v) is 4.13. The average Bonchev–Trinajstić information content (AvgIpc) is 3.25. The Morgan fingerprint density at radius 3 is 2.55 bits per heavy atom. The Balaban J connectivity index is 1.38. The molecule has 1 aliphatic rings. The number of anilines is 1. The van der Waals surface area contributed by atoms with E-state index in [-0.39, 0.29) is 5.91 Å². The van der Waals surface area contributed by atoms with Crippen molar-refractivity contribution >= 4 is 34.7 Å². The van der Waals surface area contributed by atoms with Crippen molar-refractivity contribution < 1.29 is 9.53 Å². The minimum Gasteiger partial charge on any atom is -0.494 e. The molecule has 6 nitrogen and oxygen atoms in total. The predicted octanol–water partition coefficient (Wildman–Crippen LogP) is 4.22. The monoisotopic (exact) mass is 428 g/mol. The van der Waals surface area contributed by atoms with E-state index in [0.29, 0.717) is 30.4 Å². The van der Waals surface area contributed by atoms with Crippen LogP contribution in [0.25, 0.3) is 10.6 Å². The number of carbonyl (C=O) groups is 1. The van der Waals surface area contributed by atoms with Gasteiger partial charge in [-0.25, -0.2) is 9.97 Å². The molecule has 0 saturated carbocycles. The van der Waals surface area contributed by atoms with Crippen LogP contribution in [0.2, 0.25) is 5.02 Å². The zero-order chi connectivity index (χ0) is 20.2. The lowest BCUT2D eigenvalue weighted by Gasteiger charge is -2.35. The molecule has 8 heteroatoms. The van der Waals surface area contributed by atoms with Gasteiger partial charge >= 0.3 is 0 Å². The lowest BCUT2D eigenvalue weighted by atomic mass is 10.2. The molecule has 0 spiro atoms. The van der Waals surface area contributed by atoms with Gasteiger partial charge in [0.25, 0.3) is 5.91 Å². The van der Waals surface area contributed by atoms with Crippen LogP contribution < -0.4 is 9.64 Å². The molecule has 3 aromatic rings. The Bertz CT molecular complexity index is 967. The normalized spacial score (nSPS) is 14.1. The molecule has 1 aromatic carbocycles. The summed E-state index contributed by atoms with van der Waals surface area (Å²) in [6, 6.07) is 11.5. The van der Waals surface area contributed by atoms with Gasteiger partial charge in [0.2, 0.25) is 0 Å². The molecule has 1 saturated heterocycles. The van der Waals surface area contributed by atoms with Crippen molar-refractivity contribution in [3.63, 3.8) is 0 Å². The van der Waals surface area contributed by atoms with E-state index >= 15 is 0 Å². The lowest BCUT2D eigenvalue weighted by molar-refractivity contribution is 0.0741. The van der Waals surface area contributed by atoms with Crippen molar-refractivity contribution in [2.24, 2.45) is 0 Å². The average molecular weight is 429 g/mol. The molecule has 0 atom stereocenters. The van der Waals surface area contributed by atoms with Gasteiger partial charge in [-0.15, -0.1) is 11.3 Å². The summed E-state index contributed by atoms with van der Waals surface area (Å²) in [5.74, 6) is 1.69. The Labute approximate surface area is 178 Å². The molecular formula is C21H21ClN4O2S. The summed E-state index contributed by atoms with van der Waals surface area (Å²) in [7, 11) is 0. The summed E-state index contributed by atoms with van der Waals surface area (Å²) in [5, 5.41) is 3.29. The van der Waals surface area contributed by atoms with Gasteiger partial charge in [-0.05, 0) is 43.3 Å². The molecule has 3 heterocycles. The highest BCUT2D eigenvalue weighted by Gasteiger charge is 2.24. The smallest absolute Gasteiger partial charge is 0.273 e. The van der Waals surface area contributed by atoms with Crippen molar-refractivity contribution in [2.75, 3.05) is 37.7 Å². The second kappa shape index (κ2) is 8.80. The van der Waals surface area contributed by atoms with Gasteiger partial charge in [-0.3, -0.25) is 4.79 Å². The standard InChI is InChI=1S/C21H21ClN4O2S/c1-2-28-17-6-3-15(4-7-17)20-24-18(14-29-20)21(27)26-11-9-25(10-12-26)19-8-5-16(22)13-23-19/h3-8,13-14H,2,9-12H2,1H3. The fraction of sp³-hybridized carbons (Fsp3) is 0.286. The van der Waals surface area contributed by atoms with E-state index in [1.165, 1.54) is 11.3 Å². The van der Waals surface area contributed by atoms with Crippen molar-refractivity contribution in [1.82, 2.24) is 14.9 Å². The molecular weight excluding hydrogens is 408 g/mol. The predicted molar refractivity (Wildman–Crippen MR) is 116 cm³/mol. The number of thiazole rings is 1. The molecule has 0 N–H and O–H groups in total. The van der Waals surface area contributed by atoms with E-state index < -0.39 is 0 Å². The van der Waals surface area contributed by atoms with Gasteiger partial charge in [0.1, 0.15) is 22.3 Å². The maximum atomic E-state index is 12.9. The second-order valence-electron chi connectivity index (χ2n) is 6.61. The molecule has 1 aliphatic heterocycles. The van der Waals surface area contributed by atoms with Gasteiger partial charge in [-0.1, -0.05) is 11.6 Å². The summed E-state index contributed by atoms with van der Waals surface area (Å²) in [5.41, 5.74) is 1.48. The molecule has 29 heavy (non-hydrogen) atoms. The third-order valence-corrected chi connectivity index (χ3v) is 5.85. The maximum Gasteiger partial charge on any atom is 0.273 e. The topological polar surface area (TPSA) is 58.6 Å². The van der Waals surface area contributed by atoms with E-state index in [0.717, 1.165) is 35.2 Å². The number of aromatic nitrogens is 2. The summed E-state index contributed by atoms with van der Waals surface area (Å²) >= 11 is 7.39. The number of hydrogen-bond donors (Lipinski definition) is 0. The second-order valence-corrected chi connectivity index (χ2v) is 7.90. The van der Waals surface area contributed by atoms with Crippen LogP contribution in [-0.2, 0) is 0 Å². The molecule has 0 bridgehead atoms. The molecule has 0 aliphatic carbocycles. The van der Waals surface area contributed by atoms with Crippen LogP contribution in [0.5, 0.6) is 5.75 Å². The first-order valence-corrected chi connectivity index (χ1v) is 10.7. The highest BCUT2D eigenvalue weighted by Crippen LogP contribution is 2.26. The third kappa shape index (κ3) is 4.52. The first kappa shape index (κ1) is 19.7. The van der Waals surface area contributed by atoms with E-state index in [1.807, 2.05) is 53.6 Å². The van der Waals surface area contributed by atoms with Crippen molar-refractivity contribution in [3.8, 4) is 16.3 Å². The van der Waals surface area contributed by atoms with Crippen LogP contribution in [0.15, 0.2) is 48.0 Å². The minimum absolute atomic E-state index is 0.0258. The molecule has 0 radical (unpaired) electrons. The van der Waals surface area contributed by atoms with Crippen molar-refractivity contribution in [1.29, 1.82) is 0 Å². The van der Waals surface area contributed by atoms with Crippen molar-refractivity contribution in [3.05, 3.63) is 58.7 Å². The molecule has 1 fully saturated rings. The van der Waals surface area contributed by atoms with Crippen LogP contribution in [0.4, 0.5) is 5.82 Å². The highest BCUT2D eigenvalue weighted by atomic mass is 35.5. The summed E-state index contributed by atoms with van der Waals surface area (Å²) in [6.07, 6.45) is 1.64. The summed E-state index contributed by atoms with van der Waals surface area (Å²) in [4.78, 5) is 25.8. The Hall–Kier alpha value is -2.64. The number of rotatable bonds is 5. The van der Waals surface area contributed by atoms with Crippen molar-refractivity contribution in [2.45, 2.75) is 6.92 Å². The van der Waals surface area contributed by atoms with Gasteiger partial charge in [-0.2, -0.15) is 0 Å². The van der Waals surface area contributed by atoms with E-state index in [1.54, 1.807) is 6.20 Å². The van der Waals surface area contributed by atoms with Crippen LogP contribution in [0.1, 0.15) is 17.4 Å². The zero-order valence-corrected chi connectivity index (χ0v) is 17.6. The Morgan fingerprint density at radius 2 is 1.90 bits per heavy atom. The van der Waals surface area contributed by atoms with Crippen LogP contribution >= 0.6 is 22.9 Å². The first-order valence-electron chi connectivity index (χ1n) is 9.48. The number of hydrogen-bond acceptors (Lipinski definition) is 6. The molecule has 150 valence electrons. The fourth-order valence-electron chi connectivity index (χ4n) is 3.22. The molecule has 1 amide bonds. The number of halogens is 1. The van der Waals surface area contributed by atoms with Gasteiger partial charge in [0.15, 0.2) is 0 Å². The maximum absolute atomic E-state index is 12.9. The van der Waals surface area contributed by atoms with Crippen LogP contribution in [0, 0.1) is 0 Å². The van der Waals surface area contributed by atoms with Gasteiger partial charge < -0.3 is 14.5 Å². The van der Waals surface area contributed by atoms with Crippen LogP contribution in [-0.4, -0.2) is 53.6 Å². The zero-order valence-electron chi connectivity index (χ0n) is 16.0. The summed E-state index contributed by atoms with van der Waals surface area (Å²) in [6.45, 7) is 5.33. The SMILES string of the molecule is CCOc1ccc(-c2nc(C(=O)N3CCN(c4ccc(Cl)cn4)CC3)cs2)cc1. The number of amides is 1. The lowest BCUT2D eigenvalue weighted by Crippen LogP contribution is -2.49. The number of carbonyl (C=O) groups excluding carboxylic acids is 1. The van der Waals surface area contributed by atoms with E-state index in [4.69, 9.17) is 16.3 Å². The van der Waals surface area contributed by atoms with Gasteiger partial charge in [0, 0.05) is 43.3 Å². The van der Waals surface area contributed by atoms with Gasteiger partial charge in [0.05, 0.1) is 11.6 Å². The summed E-state index contributed by atoms with van der Waals surface area (Å²) < 4.78 is 5.47. The number of pyridine rings is 1. The Kier molecular flexibility index (Phi) is 5.97. The quantitative estimate of drug-likeness (QED) is 0.609. The largest absolute Gasteiger partial charge is 0.494 e. The highest BCUT2D eigenvalue weighted by molar-refractivity contribution is 7.13. The van der Waals surface area contributed by atoms with E-state index in [2.05, 4.69) is 14.9 Å². The van der Waals surface area contributed by atoms with E-state index in [9.17, 15) is 4.79 Å².